The molecule has 1 aromatic carbocycles. The number of furan rings is 1. The molecular formula is C19H18BrN5O4S. The van der Waals surface area contributed by atoms with Crippen molar-refractivity contribution in [3.8, 4) is 0 Å². The third-order valence-electron chi connectivity index (χ3n) is 4.81. The summed E-state index contributed by atoms with van der Waals surface area (Å²) in [5.41, 5.74) is 0.120. The molecule has 0 saturated carbocycles. The molecule has 11 heteroatoms. The fraction of sp³-hybridized carbons (Fsp3) is 0.263. The van der Waals surface area contributed by atoms with Gasteiger partial charge in [-0.25, -0.2) is 9.79 Å². The third kappa shape index (κ3) is 3.58. The first kappa shape index (κ1) is 20.5. The number of fused-ring (bicyclic) bond motifs is 1. The number of hydrogen-bond donors (Lipinski definition) is 1. The lowest BCUT2D eigenvalue weighted by Crippen LogP contribution is -2.37. The van der Waals surface area contributed by atoms with E-state index in [1.54, 1.807) is 13.3 Å². The molecule has 2 aromatic heterocycles. The summed E-state index contributed by atoms with van der Waals surface area (Å²) in [5, 5.41) is 3.08. The Morgan fingerprint density at radius 1 is 1.23 bits per heavy atom. The number of aliphatic imine (C=N–C) groups is 1. The van der Waals surface area contributed by atoms with Crippen LogP contribution in [0.1, 0.15) is 11.3 Å². The van der Waals surface area contributed by atoms with E-state index >= 15 is 0 Å². The molecular weight excluding hydrogens is 474 g/mol. The zero-order chi connectivity index (χ0) is 21.6. The second kappa shape index (κ2) is 7.80. The van der Waals surface area contributed by atoms with E-state index in [0.717, 1.165) is 14.7 Å². The van der Waals surface area contributed by atoms with Crippen LogP contribution in [0.15, 0.2) is 47.7 Å². The van der Waals surface area contributed by atoms with Crippen LogP contribution >= 0.6 is 27.9 Å². The fourth-order valence-corrected chi connectivity index (χ4v) is 4.34. The van der Waals surface area contributed by atoms with Crippen LogP contribution in [0.4, 0.5) is 5.69 Å². The van der Waals surface area contributed by atoms with Gasteiger partial charge < -0.3 is 9.73 Å². The molecule has 0 aliphatic carbocycles. The Morgan fingerprint density at radius 2 is 1.93 bits per heavy atom. The van der Waals surface area contributed by atoms with Gasteiger partial charge in [0.2, 0.25) is 11.6 Å². The van der Waals surface area contributed by atoms with Crippen molar-refractivity contribution in [2.45, 2.75) is 18.8 Å². The maximum absolute atomic E-state index is 12.7. The summed E-state index contributed by atoms with van der Waals surface area (Å²) in [4.78, 5) is 41.7. The number of amides is 1. The first-order valence-electron chi connectivity index (χ1n) is 8.98. The highest BCUT2D eigenvalue weighted by Crippen LogP contribution is 2.29. The van der Waals surface area contributed by atoms with Crippen molar-refractivity contribution in [1.29, 1.82) is 0 Å². The van der Waals surface area contributed by atoms with Crippen molar-refractivity contribution in [3.05, 3.63) is 60.9 Å². The molecule has 30 heavy (non-hydrogen) atoms. The van der Waals surface area contributed by atoms with Gasteiger partial charge in [0, 0.05) is 36.1 Å². The average molecular weight is 492 g/mol. The molecule has 3 aromatic rings. The number of carbonyl (C=O) groups excluding carboxylic acids is 1. The smallest absolute Gasteiger partial charge is 0.333 e. The van der Waals surface area contributed by atoms with E-state index in [1.807, 2.05) is 28.6 Å². The Hall–Kier alpha value is -2.79. The van der Waals surface area contributed by atoms with Crippen LogP contribution in [-0.2, 0) is 25.3 Å². The summed E-state index contributed by atoms with van der Waals surface area (Å²) in [7, 11) is 2.92. The largest absolute Gasteiger partial charge is 0.444 e. The number of nitrogens with zero attached hydrogens (tertiary/aromatic N) is 4. The van der Waals surface area contributed by atoms with Crippen LogP contribution in [0.25, 0.3) is 11.1 Å². The third-order valence-corrected chi connectivity index (χ3v) is 6.31. The summed E-state index contributed by atoms with van der Waals surface area (Å²) < 4.78 is 10.7. The quantitative estimate of drug-likeness (QED) is 0.560. The molecule has 4 rings (SSSR count). The van der Waals surface area contributed by atoms with Gasteiger partial charge in [-0.3, -0.25) is 23.0 Å². The predicted molar refractivity (Wildman–Crippen MR) is 120 cm³/mol. The van der Waals surface area contributed by atoms with Crippen molar-refractivity contribution in [2.24, 2.45) is 19.1 Å². The normalized spacial score (nSPS) is 15.9. The number of hydrogen-bond acceptors (Lipinski definition) is 7. The second-order valence-electron chi connectivity index (χ2n) is 6.79. The van der Waals surface area contributed by atoms with Gasteiger partial charge >= 0.3 is 5.69 Å². The molecule has 1 aliphatic heterocycles. The second-order valence-corrected chi connectivity index (χ2v) is 8.76. The van der Waals surface area contributed by atoms with Gasteiger partial charge in [-0.2, -0.15) is 0 Å². The number of aromatic nitrogens is 2. The minimum atomic E-state index is -0.484. The van der Waals surface area contributed by atoms with Crippen molar-refractivity contribution in [2.75, 3.05) is 4.31 Å². The monoisotopic (exact) mass is 491 g/mol. The molecule has 156 valence electrons. The zero-order valence-electron chi connectivity index (χ0n) is 16.4. The molecule has 0 saturated heterocycles. The van der Waals surface area contributed by atoms with Crippen LogP contribution in [0.5, 0.6) is 0 Å². The van der Waals surface area contributed by atoms with Crippen LogP contribution in [0.3, 0.4) is 0 Å². The van der Waals surface area contributed by atoms with Gasteiger partial charge in [0.05, 0.1) is 12.1 Å². The van der Waals surface area contributed by atoms with Gasteiger partial charge in [0.15, 0.2) is 5.50 Å². The van der Waals surface area contributed by atoms with E-state index in [4.69, 9.17) is 4.42 Å². The number of benzene rings is 1. The van der Waals surface area contributed by atoms with Gasteiger partial charge in [-0.05, 0) is 31.2 Å². The lowest BCUT2D eigenvalue weighted by atomic mass is 10.1. The average Bonchev–Trinajstić information content (AvgIpc) is 3.30. The molecule has 1 unspecified atom stereocenters. The Balaban J connectivity index is 1.51. The molecule has 1 atom stereocenters. The summed E-state index contributed by atoms with van der Waals surface area (Å²) >= 11 is 4.76. The van der Waals surface area contributed by atoms with E-state index in [9.17, 15) is 14.4 Å². The number of anilines is 1. The van der Waals surface area contributed by atoms with Gasteiger partial charge in [0.25, 0.3) is 5.56 Å². The summed E-state index contributed by atoms with van der Waals surface area (Å²) in [6, 6.07) is 7.73. The number of halogens is 1. The number of aryl methyl sites for hydroxylation is 2. The minimum Gasteiger partial charge on any atom is -0.444 e. The predicted octanol–water partition coefficient (Wildman–Crippen LogP) is 2.04. The van der Waals surface area contributed by atoms with Crippen LogP contribution in [0.2, 0.25) is 0 Å². The molecule has 9 nitrogen and oxygen atoms in total. The standard InChI is InChI=1S/C19H18BrN5O4S/c1-10-13(15-16(27)23(2)19(28)24(3)17(15)29-10)8-14(26)22-18-21-9-25(30-18)12-6-4-11(20)5-7-12/h4-7,9,18H,8H2,1-3H3,(H,22,26). The molecule has 0 spiro atoms. The highest BCUT2D eigenvalue weighted by atomic mass is 79.9. The number of rotatable bonds is 4. The Bertz CT molecular complexity index is 1290. The topological polar surface area (TPSA) is 102 Å². The van der Waals surface area contributed by atoms with Crippen molar-refractivity contribution in [1.82, 2.24) is 14.5 Å². The molecule has 0 bridgehead atoms. The zero-order valence-corrected chi connectivity index (χ0v) is 18.8. The molecule has 0 fully saturated rings. The molecule has 1 amide bonds. The highest BCUT2D eigenvalue weighted by Gasteiger charge is 2.25. The van der Waals surface area contributed by atoms with Crippen LogP contribution < -0.4 is 20.9 Å². The van der Waals surface area contributed by atoms with Crippen molar-refractivity contribution < 1.29 is 9.21 Å². The van der Waals surface area contributed by atoms with Crippen molar-refractivity contribution >= 4 is 56.9 Å². The van der Waals surface area contributed by atoms with E-state index in [0.29, 0.717) is 11.3 Å². The Labute approximate surface area is 183 Å². The first-order chi connectivity index (χ1) is 14.3. The van der Waals surface area contributed by atoms with E-state index in [-0.39, 0.29) is 23.4 Å². The molecule has 1 aliphatic rings. The molecule has 3 heterocycles. The summed E-state index contributed by atoms with van der Waals surface area (Å²) in [5.74, 6) is 0.126. The SMILES string of the molecule is Cc1oc2c(c1CC(=O)NC1N=CN(c3ccc(Br)cc3)S1)c(=O)n(C)c(=O)n2C. The molecule has 0 radical (unpaired) electrons. The van der Waals surface area contributed by atoms with Crippen LogP contribution in [0, 0.1) is 6.92 Å². The fourth-order valence-electron chi connectivity index (χ4n) is 3.21. The van der Waals surface area contributed by atoms with E-state index in [1.165, 1.54) is 30.6 Å². The molecule has 1 N–H and O–H groups in total. The van der Waals surface area contributed by atoms with Gasteiger partial charge in [-0.15, -0.1) is 0 Å². The summed E-state index contributed by atoms with van der Waals surface area (Å²) in [6.45, 7) is 1.67. The minimum absolute atomic E-state index is 0.0584. The summed E-state index contributed by atoms with van der Waals surface area (Å²) in [6.07, 6.45) is 1.60. The lowest BCUT2D eigenvalue weighted by molar-refractivity contribution is -0.120. The maximum Gasteiger partial charge on any atom is 0.333 e. The maximum atomic E-state index is 12.7. The highest BCUT2D eigenvalue weighted by molar-refractivity contribution is 9.10. The van der Waals surface area contributed by atoms with Gasteiger partial charge in [-0.1, -0.05) is 15.9 Å². The van der Waals surface area contributed by atoms with E-state index < -0.39 is 16.7 Å². The number of carbonyl (C=O) groups is 1. The van der Waals surface area contributed by atoms with Gasteiger partial charge in [0.1, 0.15) is 17.5 Å². The lowest BCUT2D eigenvalue weighted by Gasteiger charge is -2.15. The number of nitrogens with one attached hydrogen (secondary N) is 1. The van der Waals surface area contributed by atoms with Crippen LogP contribution in [-0.4, -0.2) is 26.9 Å². The van der Waals surface area contributed by atoms with E-state index in [2.05, 4.69) is 26.2 Å². The Morgan fingerprint density at radius 3 is 2.63 bits per heavy atom. The Kier molecular flexibility index (Phi) is 5.33. The first-order valence-corrected chi connectivity index (χ1v) is 10.6. The van der Waals surface area contributed by atoms with Crippen molar-refractivity contribution in [3.63, 3.8) is 0 Å².